The van der Waals surface area contributed by atoms with Crippen LogP contribution >= 0.6 is 11.3 Å². The van der Waals surface area contributed by atoms with Crippen molar-refractivity contribution < 1.29 is 9.59 Å². The van der Waals surface area contributed by atoms with Gasteiger partial charge in [0.25, 0.3) is 5.91 Å². The highest BCUT2D eigenvalue weighted by Gasteiger charge is 2.27. The van der Waals surface area contributed by atoms with Crippen LogP contribution in [0.4, 0.5) is 0 Å². The van der Waals surface area contributed by atoms with Crippen LogP contribution in [0.5, 0.6) is 0 Å². The molecule has 1 aromatic heterocycles. The van der Waals surface area contributed by atoms with Crippen molar-refractivity contribution in [2.75, 3.05) is 32.7 Å². The molecule has 2 amide bonds. The lowest BCUT2D eigenvalue weighted by Crippen LogP contribution is -2.51. The molecule has 0 unspecified atom stereocenters. The van der Waals surface area contributed by atoms with Crippen LogP contribution in [0.15, 0.2) is 17.5 Å². The number of amides is 2. The third-order valence-corrected chi connectivity index (χ3v) is 5.75. The van der Waals surface area contributed by atoms with Gasteiger partial charge in [-0.1, -0.05) is 18.9 Å². The van der Waals surface area contributed by atoms with Gasteiger partial charge < -0.3 is 10.2 Å². The minimum atomic E-state index is -0.0844. The Morgan fingerprint density at radius 2 is 1.91 bits per heavy atom. The molecule has 0 radical (unpaired) electrons. The second kappa shape index (κ2) is 7.93. The first kappa shape index (κ1) is 16.5. The highest BCUT2D eigenvalue weighted by molar-refractivity contribution is 7.12. The molecule has 3 rings (SSSR count). The topological polar surface area (TPSA) is 52.7 Å². The van der Waals surface area contributed by atoms with Crippen LogP contribution in [0.3, 0.4) is 0 Å². The number of rotatable bonds is 5. The van der Waals surface area contributed by atoms with Gasteiger partial charge in [0.1, 0.15) is 0 Å². The van der Waals surface area contributed by atoms with E-state index in [4.69, 9.17) is 0 Å². The molecule has 1 aromatic rings. The van der Waals surface area contributed by atoms with Crippen LogP contribution in [0.1, 0.15) is 41.8 Å². The molecule has 126 valence electrons. The SMILES string of the molecule is O=C(NCCC(=O)N1CCN(C2CCCC2)CC1)c1cccs1. The van der Waals surface area contributed by atoms with Gasteiger partial charge in [0.05, 0.1) is 4.88 Å². The molecule has 23 heavy (non-hydrogen) atoms. The summed E-state index contributed by atoms with van der Waals surface area (Å²) >= 11 is 1.42. The van der Waals surface area contributed by atoms with Gasteiger partial charge in [0, 0.05) is 45.2 Å². The summed E-state index contributed by atoms with van der Waals surface area (Å²) in [6, 6.07) is 4.40. The van der Waals surface area contributed by atoms with E-state index < -0.39 is 0 Å². The average molecular weight is 335 g/mol. The number of nitrogens with zero attached hydrogens (tertiary/aromatic N) is 2. The summed E-state index contributed by atoms with van der Waals surface area (Å²) in [5, 5.41) is 4.70. The van der Waals surface area contributed by atoms with Gasteiger partial charge in [-0.05, 0) is 24.3 Å². The maximum Gasteiger partial charge on any atom is 0.261 e. The van der Waals surface area contributed by atoms with E-state index in [0.717, 1.165) is 32.2 Å². The number of thiophene rings is 1. The molecule has 2 heterocycles. The van der Waals surface area contributed by atoms with Gasteiger partial charge >= 0.3 is 0 Å². The predicted octanol–water partition coefficient (Wildman–Crippen LogP) is 1.95. The molecule has 2 fully saturated rings. The van der Waals surface area contributed by atoms with Crippen LogP contribution in [0.25, 0.3) is 0 Å². The van der Waals surface area contributed by atoms with Gasteiger partial charge in [-0.2, -0.15) is 0 Å². The number of carbonyl (C=O) groups is 2. The van der Waals surface area contributed by atoms with Crippen LogP contribution in [0, 0.1) is 0 Å². The van der Waals surface area contributed by atoms with Crippen LogP contribution in [-0.4, -0.2) is 60.4 Å². The molecule has 2 aliphatic rings. The predicted molar refractivity (Wildman–Crippen MR) is 91.7 cm³/mol. The lowest BCUT2D eigenvalue weighted by molar-refractivity contribution is -0.133. The van der Waals surface area contributed by atoms with E-state index >= 15 is 0 Å². The molecule has 1 aliphatic heterocycles. The summed E-state index contributed by atoms with van der Waals surface area (Å²) in [5.41, 5.74) is 0. The first-order valence-corrected chi connectivity index (χ1v) is 9.45. The van der Waals surface area contributed by atoms with E-state index in [9.17, 15) is 9.59 Å². The summed E-state index contributed by atoms with van der Waals surface area (Å²) in [6.45, 7) is 4.07. The van der Waals surface area contributed by atoms with Crippen LogP contribution < -0.4 is 5.32 Å². The lowest BCUT2D eigenvalue weighted by Gasteiger charge is -2.38. The summed E-state index contributed by atoms with van der Waals surface area (Å²) in [4.78, 5) is 29.3. The summed E-state index contributed by atoms with van der Waals surface area (Å²) in [5.74, 6) is 0.0707. The first-order chi connectivity index (χ1) is 11.2. The van der Waals surface area contributed by atoms with E-state index in [1.54, 1.807) is 6.07 Å². The minimum absolute atomic E-state index is 0.0844. The van der Waals surface area contributed by atoms with Crippen molar-refractivity contribution in [3.8, 4) is 0 Å². The van der Waals surface area contributed by atoms with Crippen molar-refractivity contribution >= 4 is 23.2 Å². The molecule has 0 spiro atoms. The number of hydrogen-bond donors (Lipinski definition) is 1. The van der Waals surface area contributed by atoms with Crippen molar-refractivity contribution in [2.45, 2.75) is 38.1 Å². The molecule has 1 saturated heterocycles. The Balaban J connectivity index is 1.35. The van der Waals surface area contributed by atoms with Crippen molar-refractivity contribution in [1.82, 2.24) is 15.1 Å². The smallest absolute Gasteiger partial charge is 0.261 e. The number of nitrogens with one attached hydrogen (secondary N) is 1. The molecule has 1 N–H and O–H groups in total. The quantitative estimate of drug-likeness (QED) is 0.895. The molecular formula is C17H25N3O2S. The van der Waals surface area contributed by atoms with Gasteiger partial charge in [-0.15, -0.1) is 11.3 Å². The second-order valence-electron chi connectivity index (χ2n) is 6.34. The van der Waals surface area contributed by atoms with Crippen molar-refractivity contribution in [3.05, 3.63) is 22.4 Å². The Labute approximate surface area is 141 Å². The van der Waals surface area contributed by atoms with E-state index in [1.807, 2.05) is 16.3 Å². The zero-order chi connectivity index (χ0) is 16.1. The van der Waals surface area contributed by atoms with Gasteiger partial charge in [0.2, 0.25) is 5.91 Å². The Hall–Kier alpha value is -1.40. The maximum absolute atomic E-state index is 12.3. The summed E-state index contributed by atoms with van der Waals surface area (Å²) in [6.07, 6.45) is 5.74. The fourth-order valence-corrected chi connectivity index (χ4v) is 4.18. The van der Waals surface area contributed by atoms with Gasteiger partial charge in [-0.3, -0.25) is 14.5 Å². The number of hydrogen-bond acceptors (Lipinski definition) is 4. The van der Waals surface area contributed by atoms with Gasteiger partial charge in [0.15, 0.2) is 0 Å². The Kier molecular flexibility index (Phi) is 5.67. The number of piperazine rings is 1. The summed E-state index contributed by atoms with van der Waals surface area (Å²) < 4.78 is 0. The molecule has 0 bridgehead atoms. The van der Waals surface area contributed by atoms with Crippen LogP contribution in [0.2, 0.25) is 0 Å². The van der Waals surface area contributed by atoms with E-state index in [0.29, 0.717) is 17.8 Å². The molecule has 5 nitrogen and oxygen atoms in total. The fraction of sp³-hybridized carbons (Fsp3) is 0.647. The van der Waals surface area contributed by atoms with Crippen molar-refractivity contribution in [2.24, 2.45) is 0 Å². The standard InChI is InChI=1S/C17H25N3O2S/c21-16(7-8-18-17(22)15-6-3-13-23-15)20-11-9-19(10-12-20)14-4-1-2-5-14/h3,6,13-14H,1-2,4-5,7-12H2,(H,18,22). The molecule has 1 saturated carbocycles. The molecule has 0 aromatic carbocycles. The third-order valence-electron chi connectivity index (χ3n) is 4.88. The first-order valence-electron chi connectivity index (χ1n) is 8.57. The largest absolute Gasteiger partial charge is 0.351 e. The molecule has 6 heteroatoms. The summed E-state index contributed by atoms with van der Waals surface area (Å²) in [7, 11) is 0. The minimum Gasteiger partial charge on any atom is -0.351 e. The maximum atomic E-state index is 12.3. The molecular weight excluding hydrogens is 310 g/mol. The monoisotopic (exact) mass is 335 g/mol. The van der Waals surface area contributed by atoms with Crippen LogP contribution in [-0.2, 0) is 4.79 Å². The third kappa shape index (κ3) is 4.32. The average Bonchev–Trinajstić information content (AvgIpc) is 3.28. The van der Waals surface area contributed by atoms with Gasteiger partial charge in [-0.25, -0.2) is 0 Å². The zero-order valence-corrected chi connectivity index (χ0v) is 14.3. The normalized spacial score (nSPS) is 19.9. The highest BCUT2D eigenvalue weighted by atomic mass is 32.1. The van der Waals surface area contributed by atoms with Crippen molar-refractivity contribution in [1.29, 1.82) is 0 Å². The zero-order valence-electron chi connectivity index (χ0n) is 13.5. The van der Waals surface area contributed by atoms with Crippen molar-refractivity contribution in [3.63, 3.8) is 0 Å². The fourth-order valence-electron chi connectivity index (χ4n) is 3.54. The Bertz CT molecular complexity index is 518. The molecule has 0 atom stereocenters. The Morgan fingerprint density at radius 3 is 2.57 bits per heavy atom. The highest BCUT2D eigenvalue weighted by Crippen LogP contribution is 2.24. The van der Waals surface area contributed by atoms with E-state index in [2.05, 4.69) is 10.2 Å². The lowest BCUT2D eigenvalue weighted by atomic mass is 10.1. The number of carbonyl (C=O) groups excluding carboxylic acids is 2. The molecule has 1 aliphatic carbocycles. The second-order valence-corrected chi connectivity index (χ2v) is 7.29. The van der Waals surface area contributed by atoms with E-state index in [-0.39, 0.29) is 11.8 Å². The van der Waals surface area contributed by atoms with E-state index in [1.165, 1.54) is 37.0 Å². The Morgan fingerprint density at radius 1 is 1.17 bits per heavy atom.